The van der Waals surface area contributed by atoms with E-state index >= 15 is 0 Å². The molecule has 17 heteroatoms. The molecule has 6 N–H and O–H groups in total. The van der Waals surface area contributed by atoms with Crippen LogP contribution in [-0.2, 0) is 28.8 Å². The Morgan fingerprint density at radius 1 is 0.429 bits per heavy atom. The van der Waals surface area contributed by atoms with Gasteiger partial charge in [-0.3, -0.25) is 48.4 Å². The molecule has 0 aromatic carbocycles. The molecule has 0 aliphatic carbocycles. The van der Waals surface area contributed by atoms with Crippen molar-refractivity contribution in [1.82, 2.24) is 30.2 Å². The summed E-state index contributed by atoms with van der Waals surface area (Å²) >= 11 is 0. The number of carbonyl (C=O) groups excluding carboxylic acids is 2. The first-order chi connectivity index (χ1) is 29.9. The summed E-state index contributed by atoms with van der Waals surface area (Å²) in [5.41, 5.74) is 0. The first-order valence-electron chi connectivity index (χ1n) is 24.2. The molecule has 2 amide bonds. The molecule has 1 fully saturated rings. The van der Waals surface area contributed by atoms with Gasteiger partial charge in [0.25, 0.3) is 0 Å². The third-order valence-electron chi connectivity index (χ3n) is 12.0. The van der Waals surface area contributed by atoms with Crippen molar-refractivity contribution in [3.63, 3.8) is 0 Å². The van der Waals surface area contributed by atoms with E-state index in [0.29, 0.717) is 13.1 Å². The van der Waals surface area contributed by atoms with E-state index in [9.17, 15) is 49.2 Å². The van der Waals surface area contributed by atoms with E-state index in [2.05, 4.69) is 24.5 Å². The summed E-state index contributed by atoms with van der Waals surface area (Å²) in [7, 11) is 0. The Hall–Kier alpha value is -2.02. The van der Waals surface area contributed by atoms with E-state index in [4.69, 9.17) is 0 Å². The van der Waals surface area contributed by atoms with Crippen LogP contribution in [0.3, 0.4) is 0 Å². The molecule has 0 aromatic heterocycles. The zero-order valence-corrected chi connectivity index (χ0v) is 41.3. The Morgan fingerprint density at radius 2 is 0.698 bits per heavy atom. The van der Waals surface area contributed by atoms with Crippen molar-refractivity contribution >= 4 is 35.7 Å². The molecular formula is C46H86GdN6O10+3. The van der Waals surface area contributed by atoms with Crippen LogP contribution in [0, 0.1) is 39.9 Å². The molecule has 1 heterocycles. The molecule has 0 spiro atoms. The standard InChI is InChI=1S/C46H86N6O10.Gd/c1-3-5-7-9-11-13-15-17-19-21-27-47-41(53)25-23-39(45(59)60)51-33-31-49(37-43(55)56)29-30-50(38-44(57)58)32-34-52(36-35-51)40(46(61)62)24-26-42(54)48-28-22-20-18-16-14-12-10-8-6-4-2;/h39-40H,3-38H2,1-2H3,(H,47,53)(H,48,54)(H,55,56)(H,57,58)(H,59,60)(H,61,62);/q;+3. The van der Waals surface area contributed by atoms with Crippen molar-refractivity contribution < 1.29 is 89.1 Å². The van der Waals surface area contributed by atoms with Crippen LogP contribution in [0.2, 0.25) is 0 Å². The van der Waals surface area contributed by atoms with Crippen molar-refractivity contribution in [2.24, 2.45) is 0 Å². The first kappa shape index (κ1) is 61.0. The third kappa shape index (κ3) is 33.2. The predicted molar refractivity (Wildman–Crippen MR) is 242 cm³/mol. The Labute approximate surface area is 411 Å². The van der Waals surface area contributed by atoms with Gasteiger partial charge in [-0.1, -0.05) is 129 Å². The molecule has 2 unspecified atom stereocenters. The minimum absolute atomic E-state index is 0. The summed E-state index contributed by atoms with van der Waals surface area (Å²) in [4.78, 5) is 81.5. The zero-order chi connectivity index (χ0) is 45.8. The molecule has 365 valence electrons. The molecule has 0 bridgehead atoms. The molecule has 0 saturated carbocycles. The number of hydrogen-bond acceptors (Lipinski definition) is 10. The summed E-state index contributed by atoms with van der Waals surface area (Å²) in [6, 6.07) is -2.20. The van der Waals surface area contributed by atoms with E-state index in [1.165, 1.54) is 89.9 Å². The number of carboxylic acid groups (broad SMARTS) is 4. The number of amides is 2. The van der Waals surface area contributed by atoms with Crippen molar-refractivity contribution in [3.05, 3.63) is 0 Å². The van der Waals surface area contributed by atoms with Gasteiger partial charge in [-0.05, 0) is 25.7 Å². The number of nitrogens with zero attached hydrogens (tertiary/aromatic N) is 4. The van der Waals surface area contributed by atoms with Crippen molar-refractivity contribution in [3.8, 4) is 0 Å². The van der Waals surface area contributed by atoms with Crippen LogP contribution >= 0.6 is 0 Å². The maximum absolute atomic E-state index is 12.9. The minimum Gasteiger partial charge on any atom is -0.480 e. The second kappa shape index (κ2) is 40.3. The maximum atomic E-state index is 12.9. The molecule has 1 aliphatic heterocycles. The van der Waals surface area contributed by atoms with Gasteiger partial charge in [0.05, 0.1) is 13.1 Å². The van der Waals surface area contributed by atoms with Gasteiger partial charge in [-0.15, -0.1) is 0 Å². The van der Waals surface area contributed by atoms with Gasteiger partial charge in [0.15, 0.2) is 0 Å². The van der Waals surface area contributed by atoms with E-state index < -0.39 is 36.0 Å². The third-order valence-corrected chi connectivity index (χ3v) is 12.0. The summed E-state index contributed by atoms with van der Waals surface area (Å²) < 4.78 is 0. The normalized spacial score (nSPS) is 15.9. The van der Waals surface area contributed by atoms with Gasteiger partial charge in [0.2, 0.25) is 11.8 Å². The average Bonchev–Trinajstić information content (AvgIpc) is 3.21. The van der Waals surface area contributed by atoms with Crippen LogP contribution in [0.25, 0.3) is 0 Å². The van der Waals surface area contributed by atoms with Crippen molar-refractivity contribution in [2.75, 3.05) is 78.5 Å². The Kier molecular flexibility index (Phi) is 39.0. The van der Waals surface area contributed by atoms with Crippen LogP contribution in [0.1, 0.15) is 168 Å². The van der Waals surface area contributed by atoms with Gasteiger partial charge in [-0.25, -0.2) is 0 Å². The molecule has 1 rings (SSSR count). The number of hydrogen-bond donors (Lipinski definition) is 6. The molecule has 1 aliphatic rings. The molecular weight excluding hydrogens is 954 g/mol. The zero-order valence-electron chi connectivity index (χ0n) is 39.0. The second-order valence-electron chi connectivity index (χ2n) is 17.3. The van der Waals surface area contributed by atoms with E-state index in [-0.39, 0.29) is 143 Å². The van der Waals surface area contributed by atoms with Gasteiger partial charge < -0.3 is 31.1 Å². The first-order valence-corrected chi connectivity index (χ1v) is 24.2. The number of nitrogens with one attached hydrogen (secondary N) is 2. The Balaban J connectivity index is 0.0000384. The topological polar surface area (TPSA) is 220 Å². The molecule has 16 nitrogen and oxygen atoms in total. The van der Waals surface area contributed by atoms with Crippen LogP contribution in [0.4, 0.5) is 0 Å². The molecule has 2 atom stereocenters. The van der Waals surface area contributed by atoms with Gasteiger partial charge in [0, 0.05) is 78.3 Å². The van der Waals surface area contributed by atoms with Gasteiger partial charge in [-0.2, -0.15) is 0 Å². The predicted octanol–water partition coefficient (Wildman–Crippen LogP) is 5.92. The fraction of sp³-hybridized carbons (Fsp3) is 0.870. The fourth-order valence-corrected chi connectivity index (χ4v) is 8.17. The SMILES string of the molecule is CCCCCCCCCCCCNC(=O)CCC(C(=O)O)N1CCN(CC(=O)O)CCN(CC(=O)O)CCN(C(CCC(=O)NCCCCCCCCCCCC)C(=O)O)CC1.[Gd+3]. The van der Waals surface area contributed by atoms with Crippen LogP contribution < -0.4 is 10.6 Å². The number of aliphatic carboxylic acids is 4. The summed E-state index contributed by atoms with van der Waals surface area (Å²) in [5.74, 6) is -4.93. The molecule has 1 radical (unpaired) electrons. The Bertz CT molecular complexity index is 1160. The smallest absolute Gasteiger partial charge is 0.480 e. The second-order valence-corrected chi connectivity index (χ2v) is 17.3. The van der Waals surface area contributed by atoms with Crippen molar-refractivity contribution in [1.29, 1.82) is 0 Å². The summed E-state index contributed by atoms with van der Waals surface area (Å²) in [6.07, 6.45) is 23.5. The van der Waals surface area contributed by atoms with Gasteiger partial charge >= 0.3 is 63.8 Å². The molecule has 63 heavy (non-hydrogen) atoms. The average molecular weight is 1040 g/mol. The van der Waals surface area contributed by atoms with Crippen molar-refractivity contribution in [2.45, 2.75) is 180 Å². The van der Waals surface area contributed by atoms with Crippen LogP contribution in [0.5, 0.6) is 0 Å². The van der Waals surface area contributed by atoms with Crippen LogP contribution in [-0.4, -0.2) is 166 Å². The number of carboxylic acids is 4. The number of rotatable bonds is 36. The van der Waals surface area contributed by atoms with Gasteiger partial charge in [0.1, 0.15) is 12.1 Å². The number of unbranched alkanes of at least 4 members (excludes halogenated alkanes) is 18. The molecule has 1 saturated heterocycles. The van der Waals surface area contributed by atoms with E-state index in [0.717, 1.165) is 38.5 Å². The number of carbonyl (C=O) groups is 6. The maximum Gasteiger partial charge on any atom is 3.00 e. The fourth-order valence-electron chi connectivity index (χ4n) is 8.17. The quantitative estimate of drug-likeness (QED) is 0.0402. The summed E-state index contributed by atoms with van der Waals surface area (Å²) in [5, 5.41) is 45.9. The van der Waals surface area contributed by atoms with Crippen LogP contribution in [0.15, 0.2) is 0 Å². The molecule has 0 aromatic rings. The van der Waals surface area contributed by atoms with E-state index in [1.54, 1.807) is 19.6 Å². The summed E-state index contributed by atoms with van der Waals surface area (Å²) in [6.45, 7) is 5.91. The monoisotopic (exact) mass is 1040 g/mol. The van der Waals surface area contributed by atoms with E-state index in [1.807, 2.05) is 0 Å². The Morgan fingerprint density at radius 3 is 0.984 bits per heavy atom. The minimum atomic E-state index is -1.14. The largest absolute Gasteiger partial charge is 3.00 e.